The molecule has 0 radical (unpaired) electrons. The number of nitrogens with one attached hydrogen (secondary N) is 1. The molecule has 0 aromatic heterocycles. The number of piperidine rings is 1. The molecule has 1 aliphatic heterocycles. The van der Waals surface area contributed by atoms with Crippen molar-refractivity contribution >= 4 is 5.70 Å². The molecule has 2 rings (SSSR count). The Balaban J connectivity index is 0.00000129. The Hall–Kier alpha value is -1.28. The third-order valence-electron chi connectivity index (χ3n) is 6.75. The Morgan fingerprint density at radius 2 is 1.58 bits per heavy atom. The molecule has 0 amide bonds. The van der Waals surface area contributed by atoms with Crippen LogP contribution in [-0.4, -0.2) is 31.1 Å². The number of aryl methyl sites for hydroxylation is 1. The van der Waals surface area contributed by atoms with Crippen LogP contribution in [0.5, 0.6) is 0 Å². The zero-order valence-electron chi connectivity index (χ0n) is 23.7. The van der Waals surface area contributed by atoms with Crippen molar-refractivity contribution in [3.05, 3.63) is 42.0 Å². The summed E-state index contributed by atoms with van der Waals surface area (Å²) in [5.74, 6) is 2.21. The van der Waals surface area contributed by atoms with Crippen molar-refractivity contribution in [2.24, 2.45) is 17.8 Å². The molecule has 0 saturated carbocycles. The zero-order valence-corrected chi connectivity index (χ0v) is 23.7. The summed E-state index contributed by atoms with van der Waals surface area (Å²) in [6.07, 6.45) is 10.9. The van der Waals surface area contributed by atoms with Crippen molar-refractivity contribution in [1.82, 2.24) is 10.2 Å². The van der Waals surface area contributed by atoms with Gasteiger partial charge in [-0.25, -0.2) is 0 Å². The van der Waals surface area contributed by atoms with E-state index in [1.807, 2.05) is 13.8 Å². The highest BCUT2D eigenvalue weighted by Gasteiger charge is 2.18. The summed E-state index contributed by atoms with van der Waals surface area (Å²) < 4.78 is 0. The van der Waals surface area contributed by atoms with E-state index in [1.165, 1.54) is 82.1 Å². The minimum atomic E-state index is 0.703. The molecule has 2 unspecified atom stereocenters. The van der Waals surface area contributed by atoms with Crippen LogP contribution >= 0.6 is 0 Å². The highest BCUT2D eigenvalue weighted by Crippen LogP contribution is 2.22. The first-order chi connectivity index (χ1) is 15.9. The minimum absolute atomic E-state index is 0.703. The van der Waals surface area contributed by atoms with Crippen LogP contribution in [0.3, 0.4) is 0 Å². The summed E-state index contributed by atoms with van der Waals surface area (Å²) in [5, 5.41) is 3.62. The van der Waals surface area contributed by atoms with Gasteiger partial charge in [0.2, 0.25) is 0 Å². The van der Waals surface area contributed by atoms with Crippen LogP contribution in [0, 0.1) is 24.7 Å². The molecule has 2 heteroatoms. The third-order valence-corrected chi connectivity index (χ3v) is 6.75. The van der Waals surface area contributed by atoms with Gasteiger partial charge in [-0.15, -0.1) is 0 Å². The Labute approximate surface area is 208 Å². The highest BCUT2D eigenvalue weighted by molar-refractivity contribution is 5.64. The largest absolute Gasteiger partial charge is 0.385 e. The van der Waals surface area contributed by atoms with Crippen LogP contribution in [-0.2, 0) is 0 Å². The first-order valence-corrected chi connectivity index (χ1v) is 14.1. The van der Waals surface area contributed by atoms with Gasteiger partial charge in [-0.3, -0.25) is 0 Å². The number of unbranched alkanes of at least 4 members (excludes halogenated alkanes) is 2. The van der Waals surface area contributed by atoms with Gasteiger partial charge in [-0.05, 0) is 74.6 Å². The summed E-state index contributed by atoms with van der Waals surface area (Å²) in [7, 11) is 0. The number of rotatable bonds is 12. The molecular formula is C31H58N2. The molecule has 1 N–H and O–H groups in total. The molecule has 1 aromatic carbocycles. The van der Waals surface area contributed by atoms with Crippen molar-refractivity contribution in [2.45, 2.75) is 107 Å². The Morgan fingerprint density at radius 1 is 0.970 bits per heavy atom. The van der Waals surface area contributed by atoms with E-state index in [0.717, 1.165) is 18.2 Å². The molecule has 2 atom stereocenters. The molecule has 0 spiro atoms. The molecule has 192 valence electrons. The van der Waals surface area contributed by atoms with Gasteiger partial charge >= 0.3 is 0 Å². The molecule has 1 saturated heterocycles. The summed E-state index contributed by atoms with van der Waals surface area (Å²) in [6.45, 7) is 27.0. The quantitative estimate of drug-likeness (QED) is 0.336. The Morgan fingerprint density at radius 3 is 2.09 bits per heavy atom. The average molecular weight is 459 g/mol. The zero-order chi connectivity index (χ0) is 25.1. The van der Waals surface area contributed by atoms with E-state index >= 15 is 0 Å². The predicted octanol–water partition coefficient (Wildman–Crippen LogP) is 8.95. The van der Waals surface area contributed by atoms with Gasteiger partial charge in [0, 0.05) is 18.8 Å². The highest BCUT2D eigenvalue weighted by atomic mass is 15.1. The lowest BCUT2D eigenvalue weighted by Gasteiger charge is -2.30. The normalized spacial score (nSPS) is 15.5. The van der Waals surface area contributed by atoms with Crippen molar-refractivity contribution < 1.29 is 0 Å². The van der Waals surface area contributed by atoms with Gasteiger partial charge < -0.3 is 10.2 Å². The van der Waals surface area contributed by atoms with E-state index in [0.29, 0.717) is 11.8 Å². The topological polar surface area (TPSA) is 15.3 Å². The fourth-order valence-corrected chi connectivity index (χ4v) is 4.46. The summed E-state index contributed by atoms with van der Waals surface area (Å²) >= 11 is 0. The van der Waals surface area contributed by atoms with Crippen LogP contribution < -0.4 is 5.32 Å². The number of hydrogen-bond acceptors (Lipinski definition) is 2. The molecule has 1 fully saturated rings. The molecule has 1 aromatic rings. The third kappa shape index (κ3) is 14.6. The van der Waals surface area contributed by atoms with E-state index in [-0.39, 0.29) is 0 Å². The van der Waals surface area contributed by atoms with Gasteiger partial charge in [-0.1, -0.05) is 105 Å². The van der Waals surface area contributed by atoms with Crippen LogP contribution in [0.15, 0.2) is 30.8 Å². The van der Waals surface area contributed by atoms with Crippen molar-refractivity contribution in [2.75, 3.05) is 26.2 Å². The number of hydrogen-bond donors (Lipinski definition) is 1. The number of nitrogens with zero attached hydrogens (tertiary/aromatic N) is 1. The van der Waals surface area contributed by atoms with Gasteiger partial charge in [0.1, 0.15) is 0 Å². The van der Waals surface area contributed by atoms with Crippen molar-refractivity contribution in [1.29, 1.82) is 0 Å². The average Bonchev–Trinajstić information content (AvgIpc) is 2.82. The maximum Gasteiger partial charge on any atom is 0.0343 e. The van der Waals surface area contributed by atoms with E-state index in [4.69, 9.17) is 0 Å². The molecule has 0 aliphatic carbocycles. The smallest absolute Gasteiger partial charge is 0.0343 e. The van der Waals surface area contributed by atoms with E-state index in [2.05, 4.69) is 82.6 Å². The van der Waals surface area contributed by atoms with Crippen LogP contribution in [0.2, 0.25) is 0 Å². The molecule has 1 heterocycles. The summed E-state index contributed by atoms with van der Waals surface area (Å²) in [5.41, 5.74) is 3.60. The van der Waals surface area contributed by atoms with Gasteiger partial charge in [0.25, 0.3) is 0 Å². The monoisotopic (exact) mass is 458 g/mol. The fraction of sp³-hybridized carbons (Fsp3) is 0.742. The predicted molar refractivity (Wildman–Crippen MR) is 152 cm³/mol. The molecular weight excluding hydrogens is 400 g/mol. The second-order valence-corrected chi connectivity index (χ2v) is 10.1. The maximum absolute atomic E-state index is 4.27. The Bertz CT molecular complexity index is 584. The van der Waals surface area contributed by atoms with Gasteiger partial charge in [0.15, 0.2) is 0 Å². The van der Waals surface area contributed by atoms with Crippen LogP contribution in [0.1, 0.15) is 111 Å². The standard InChI is InChI=1S/C24H40N2.C5H12.C2H6/c1-19(2)23(14-13-20(3)18-26-15-9-6-10-16-26)17-25-22(5)24-12-8-7-11-21(24)4;1-3-5-4-2;1-2/h7-8,11-12,19-20,23,25H,5-6,9-10,13-18H2,1-4H3;3-5H2,1-2H3;1-2H3. The first-order valence-electron chi connectivity index (χ1n) is 14.1. The van der Waals surface area contributed by atoms with Crippen LogP contribution in [0.25, 0.3) is 5.70 Å². The molecule has 2 nitrogen and oxygen atoms in total. The minimum Gasteiger partial charge on any atom is -0.385 e. The second kappa shape index (κ2) is 20.1. The fourth-order valence-electron chi connectivity index (χ4n) is 4.46. The van der Waals surface area contributed by atoms with E-state index < -0.39 is 0 Å². The van der Waals surface area contributed by atoms with E-state index in [1.54, 1.807) is 0 Å². The van der Waals surface area contributed by atoms with Crippen molar-refractivity contribution in [3.63, 3.8) is 0 Å². The number of likely N-dealkylation sites (tertiary alicyclic amines) is 1. The lowest BCUT2D eigenvalue weighted by Crippen LogP contribution is -2.34. The molecule has 0 bridgehead atoms. The van der Waals surface area contributed by atoms with Crippen LogP contribution in [0.4, 0.5) is 0 Å². The van der Waals surface area contributed by atoms with Gasteiger partial charge in [0.05, 0.1) is 0 Å². The van der Waals surface area contributed by atoms with E-state index in [9.17, 15) is 0 Å². The SMILES string of the molecule is C=C(NCC(CCC(C)CN1CCCCC1)C(C)C)c1ccccc1C.CC.CCCCC. The lowest BCUT2D eigenvalue weighted by molar-refractivity contribution is 0.190. The molecule has 33 heavy (non-hydrogen) atoms. The first kappa shape index (κ1) is 31.7. The number of benzene rings is 1. The summed E-state index contributed by atoms with van der Waals surface area (Å²) in [4.78, 5) is 2.68. The maximum atomic E-state index is 4.27. The molecule has 1 aliphatic rings. The van der Waals surface area contributed by atoms with Gasteiger partial charge in [-0.2, -0.15) is 0 Å². The Kier molecular flexibility index (Phi) is 19.3. The van der Waals surface area contributed by atoms with Crippen molar-refractivity contribution in [3.8, 4) is 0 Å². The summed E-state index contributed by atoms with van der Waals surface area (Å²) in [6, 6.07) is 8.50. The second-order valence-electron chi connectivity index (χ2n) is 10.1. The lowest BCUT2D eigenvalue weighted by atomic mass is 9.88.